The summed E-state index contributed by atoms with van der Waals surface area (Å²) in [7, 11) is 0. The van der Waals surface area contributed by atoms with Gasteiger partial charge in [-0.25, -0.2) is 9.18 Å². The number of hydrogen-bond acceptors (Lipinski definition) is 2. The first-order chi connectivity index (χ1) is 9.65. The van der Waals surface area contributed by atoms with Gasteiger partial charge in [-0.2, -0.15) is 0 Å². The summed E-state index contributed by atoms with van der Waals surface area (Å²) in [5.41, 5.74) is 0.769. The van der Waals surface area contributed by atoms with Crippen molar-refractivity contribution in [1.29, 1.82) is 0 Å². The molecule has 0 fully saturated rings. The first-order valence-corrected chi connectivity index (χ1v) is 6.29. The molecule has 1 aromatic heterocycles. The number of imidazole rings is 1. The highest BCUT2D eigenvalue weighted by molar-refractivity contribution is 5.37. The van der Waals surface area contributed by atoms with Gasteiger partial charge in [0.25, 0.3) is 0 Å². The molecule has 4 nitrogen and oxygen atoms in total. The van der Waals surface area contributed by atoms with Gasteiger partial charge >= 0.3 is 5.69 Å². The van der Waals surface area contributed by atoms with Crippen LogP contribution in [0.4, 0.5) is 4.39 Å². The van der Waals surface area contributed by atoms with Gasteiger partial charge in [0.1, 0.15) is 12.4 Å². The number of aliphatic hydroxyl groups excluding tert-OH is 1. The van der Waals surface area contributed by atoms with Gasteiger partial charge in [0.05, 0.1) is 6.54 Å². The van der Waals surface area contributed by atoms with Crippen molar-refractivity contribution < 1.29 is 9.50 Å². The number of benzene rings is 1. The minimum atomic E-state index is -0.411. The van der Waals surface area contributed by atoms with Crippen molar-refractivity contribution in [2.75, 3.05) is 6.61 Å². The molecule has 1 heterocycles. The molecule has 104 valence electrons. The second kappa shape index (κ2) is 6.22. The smallest absolute Gasteiger partial charge is 0.328 e. The Hall–Kier alpha value is -2.32. The van der Waals surface area contributed by atoms with E-state index in [9.17, 15) is 9.18 Å². The summed E-state index contributed by atoms with van der Waals surface area (Å²) < 4.78 is 16.9. The second-order valence-corrected chi connectivity index (χ2v) is 4.26. The zero-order valence-corrected chi connectivity index (χ0v) is 11.1. The number of aryl methyl sites for hydroxylation is 1. The number of aromatic nitrogens is 2. The molecule has 0 amide bonds. The summed E-state index contributed by atoms with van der Waals surface area (Å²) in [6, 6.07) is 4.58. The number of hydrogen-bond donors (Lipinski definition) is 1. The standard InChI is InChI=1S/C15H15FN2O2/c1-2-17-7-8-18(15(17)20)11-13-6-5-12(4-3-9-19)10-14(13)16/h5-8,10,19H,2,9,11H2,1H3. The van der Waals surface area contributed by atoms with Crippen molar-refractivity contribution in [3.8, 4) is 11.8 Å². The van der Waals surface area contributed by atoms with E-state index in [2.05, 4.69) is 11.8 Å². The summed E-state index contributed by atoms with van der Waals surface area (Å²) in [5, 5.41) is 8.59. The van der Waals surface area contributed by atoms with Gasteiger partial charge in [-0.15, -0.1) is 0 Å². The summed E-state index contributed by atoms with van der Waals surface area (Å²) in [4.78, 5) is 11.9. The summed E-state index contributed by atoms with van der Waals surface area (Å²) in [6.07, 6.45) is 3.33. The topological polar surface area (TPSA) is 47.2 Å². The monoisotopic (exact) mass is 274 g/mol. The van der Waals surface area contributed by atoms with Gasteiger partial charge in [-0.05, 0) is 19.1 Å². The van der Waals surface area contributed by atoms with E-state index in [0.29, 0.717) is 17.7 Å². The second-order valence-electron chi connectivity index (χ2n) is 4.26. The highest BCUT2D eigenvalue weighted by atomic mass is 19.1. The number of rotatable bonds is 3. The molecule has 2 aromatic rings. The lowest BCUT2D eigenvalue weighted by Crippen LogP contribution is -2.24. The Morgan fingerprint density at radius 1 is 1.30 bits per heavy atom. The molecule has 1 aromatic carbocycles. The van der Waals surface area contributed by atoms with Gasteiger partial charge in [0.2, 0.25) is 0 Å². The molecule has 0 aliphatic carbocycles. The van der Waals surface area contributed by atoms with Crippen LogP contribution in [0.15, 0.2) is 35.4 Å². The zero-order chi connectivity index (χ0) is 14.5. The fraction of sp³-hybridized carbons (Fsp3) is 0.267. The van der Waals surface area contributed by atoms with E-state index < -0.39 is 5.82 Å². The molecule has 5 heteroatoms. The maximum Gasteiger partial charge on any atom is 0.328 e. The molecule has 0 radical (unpaired) electrons. The van der Waals surface area contributed by atoms with Crippen molar-refractivity contribution in [3.05, 3.63) is 58.0 Å². The van der Waals surface area contributed by atoms with Gasteiger partial charge < -0.3 is 5.11 Å². The summed E-state index contributed by atoms with van der Waals surface area (Å²) in [5.74, 6) is 4.69. The van der Waals surface area contributed by atoms with Gasteiger partial charge in [-0.1, -0.05) is 17.9 Å². The lowest BCUT2D eigenvalue weighted by molar-refractivity contribution is 0.350. The maximum atomic E-state index is 13.9. The molecule has 0 unspecified atom stereocenters. The maximum absolute atomic E-state index is 13.9. The fourth-order valence-electron chi connectivity index (χ4n) is 1.89. The van der Waals surface area contributed by atoms with Crippen LogP contribution in [0.25, 0.3) is 0 Å². The molecule has 0 atom stereocenters. The van der Waals surface area contributed by atoms with Crippen LogP contribution in [0.1, 0.15) is 18.1 Å². The summed E-state index contributed by atoms with van der Waals surface area (Å²) >= 11 is 0. The Labute approximate surface area is 116 Å². The van der Waals surface area contributed by atoms with E-state index in [1.165, 1.54) is 10.6 Å². The van der Waals surface area contributed by atoms with Crippen molar-refractivity contribution in [3.63, 3.8) is 0 Å². The summed E-state index contributed by atoms with van der Waals surface area (Å²) in [6.45, 7) is 2.39. The molecule has 0 saturated heterocycles. The zero-order valence-electron chi connectivity index (χ0n) is 11.1. The van der Waals surface area contributed by atoms with E-state index in [-0.39, 0.29) is 18.8 Å². The molecular weight excluding hydrogens is 259 g/mol. The van der Waals surface area contributed by atoms with Crippen LogP contribution >= 0.6 is 0 Å². The first kappa shape index (κ1) is 14.1. The molecule has 20 heavy (non-hydrogen) atoms. The van der Waals surface area contributed by atoms with E-state index in [0.717, 1.165) is 0 Å². The number of aliphatic hydroxyl groups is 1. The van der Waals surface area contributed by atoms with Crippen LogP contribution in [0.3, 0.4) is 0 Å². The van der Waals surface area contributed by atoms with Crippen LogP contribution in [0, 0.1) is 17.7 Å². The van der Waals surface area contributed by atoms with Gasteiger partial charge in [-0.3, -0.25) is 9.13 Å². The van der Waals surface area contributed by atoms with E-state index in [1.54, 1.807) is 29.1 Å². The van der Waals surface area contributed by atoms with Crippen LogP contribution in [0.2, 0.25) is 0 Å². The highest BCUT2D eigenvalue weighted by Gasteiger charge is 2.07. The van der Waals surface area contributed by atoms with Crippen LogP contribution < -0.4 is 5.69 Å². The molecule has 0 saturated carbocycles. The van der Waals surface area contributed by atoms with E-state index in [4.69, 9.17) is 5.11 Å². The Bertz CT molecular complexity index is 719. The fourth-order valence-corrected chi connectivity index (χ4v) is 1.89. The van der Waals surface area contributed by atoms with Crippen molar-refractivity contribution in [1.82, 2.24) is 9.13 Å². The third kappa shape index (κ3) is 2.98. The lowest BCUT2D eigenvalue weighted by Gasteiger charge is -2.04. The third-order valence-electron chi connectivity index (χ3n) is 2.96. The molecule has 0 bridgehead atoms. The Kier molecular flexibility index (Phi) is 4.38. The van der Waals surface area contributed by atoms with Crippen molar-refractivity contribution in [2.45, 2.75) is 20.0 Å². The van der Waals surface area contributed by atoms with Crippen molar-refractivity contribution >= 4 is 0 Å². The number of halogens is 1. The Balaban J connectivity index is 2.25. The van der Waals surface area contributed by atoms with Gasteiger partial charge in [0.15, 0.2) is 0 Å². The third-order valence-corrected chi connectivity index (χ3v) is 2.96. The quantitative estimate of drug-likeness (QED) is 0.855. The average Bonchev–Trinajstić information content (AvgIpc) is 2.80. The largest absolute Gasteiger partial charge is 0.384 e. The van der Waals surface area contributed by atoms with E-state index >= 15 is 0 Å². The van der Waals surface area contributed by atoms with Crippen LogP contribution in [0.5, 0.6) is 0 Å². The van der Waals surface area contributed by atoms with E-state index in [1.807, 2.05) is 6.92 Å². The highest BCUT2D eigenvalue weighted by Crippen LogP contribution is 2.11. The minimum absolute atomic E-state index is 0.156. The molecule has 0 aliphatic heterocycles. The Morgan fingerprint density at radius 2 is 2.05 bits per heavy atom. The molecule has 0 spiro atoms. The molecular formula is C15H15FN2O2. The molecule has 0 aliphatic rings. The predicted molar refractivity (Wildman–Crippen MR) is 73.8 cm³/mol. The van der Waals surface area contributed by atoms with Crippen LogP contribution in [-0.4, -0.2) is 20.8 Å². The van der Waals surface area contributed by atoms with Crippen molar-refractivity contribution in [2.24, 2.45) is 0 Å². The lowest BCUT2D eigenvalue weighted by atomic mass is 10.1. The number of nitrogens with zero attached hydrogens (tertiary/aromatic N) is 2. The first-order valence-electron chi connectivity index (χ1n) is 6.29. The molecule has 1 N–H and O–H groups in total. The minimum Gasteiger partial charge on any atom is -0.384 e. The van der Waals surface area contributed by atoms with Crippen LogP contribution in [-0.2, 0) is 13.1 Å². The van der Waals surface area contributed by atoms with Gasteiger partial charge in [0, 0.05) is 30.1 Å². The Morgan fingerprint density at radius 3 is 2.65 bits per heavy atom. The SMILES string of the molecule is CCn1ccn(Cc2ccc(C#CCO)cc2F)c1=O. The molecule has 2 rings (SSSR count). The predicted octanol–water partition coefficient (Wildman–Crippen LogP) is 1.20. The normalized spacial score (nSPS) is 10.2. The average molecular weight is 274 g/mol.